The van der Waals surface area contributed by atoms with Crippen molar-refractivity contribution >= 4 is 0 Å². The molecule has 1 aromatic rings. The molecule has 1 rings (SSSR count). The molecule has 0 bridgehead atoms. The molecular formula is C17H29NO. The van der Waals surface area contributed by atoms with Crippen LogP contribution >= 0.6 is 0 Å². The molecule has 0 aliphatic rings. The molecule has 1 aromatic carbocycles. The molecule has 0 radical (unpaired) electrons. The third kappa shape index (κ3) is 5.75. The molecule has 19 heavy (non-hydrogen) atoms. The molecule has 0 spiro atoms. The van der Waals surface area contributed by atoms with Crippen molar-refractivity contribution < 1.29 is 4.74 Å². The first-order valence-electron chi connectivity index (χ1n) is 7.47. The standard InChI is InChI=1S/C17H29NO/c1-6-10-18-12-17(19-15(5)13(2)3)16-9-7-8-14(4)11-16/h7-9,11,13,15,17-18H,6,10,12H2,1-5H3. The molecule has 2 atom stereocenters. The molecule has 2 nitrogen and oxygen atoms in total. The van der Waals surface area contributed by atoms with Crippen LogP contribution in [0.5, 0.6) is 0 Å². The van der Waals surface area contributed by atoms with Crippen LogP contribution in [0.4, 0.5) is 0 Å². The summed E-state index contributed by atoms with van der Waals surface area (Å²) in [5.41, 5.74) is 2.56. The van der Waals surface area contributed by atoms with E-state index < -0.39 is 0 Å². The summed E-state index contributed by atoms with van der Waals surface area (Å²) < 4.78 is 6.24. The number of nitrogens with one attached hydrogen (secondary N) is 1. The minimum absolute atomic E-state index is 0.142. The zero-order chi connectivity index (χ0) is 14.3. The molecule has 2 heteroatoms. The molecule has 2 unspecified atom stereocenters. The quantitative estimate of drug-likeness (QED) is 0.713. The van der Waals surface area contributed by atoms with Gasteiger partial charge in [-0.25, -0.2) is 0 Å². The number of hydrogen-bond donors (Lipinski definition) is 1. The number of ether oxygens (including phenoxy) is 1. The molecule has 0 aliphatic heterocycles. The fourth-order valence-electron chi connectivity index (χ4n) is 1.94. The van der Waals surface area contributed by atoms with Crippen molar-refractivity contribution in [3.63, 3.8) is 0 Å². The van der Waals surface area contributed by atoms with Gasteiger partial charge in [-0.15, -0.1) is 0 Å². The van der Waals surface area contributed by atoms with E-state index in [0.29, 0.717) is 5.92 Å². The normalized spacial score (nSPS) is 14.6. The lowest BCUT2D eigenvalue weighted by Crippen LogP contribution is -2.28. The summed E-state index contributed by atoms with van der Waals surface area (Å²) >= 11 is 0. The van der Waals surface area contributed by atoms with Crippen LogP contribution < -0.4 is 5.32 Å². The zero-order valence-corrected chi connectivity index (χ0v) is 13.1. The SMILES string of the molecule is CCCNCC(OC(C)C(C)C)c1cccc(C)c1. The average molecular weight is 263 g/mol. The first-order valence-corrected chi connectivity index (χ1v) is 7.47. The molecule has 0 aliphatic carbocycles. The van der Waals surface area contributed by atoms with Crippen LogP contribution in [0.25, 0.3) is 0 Å². The van der Waals surface area contributed by atoms with Gasteiger partial charge in [0.15, 0.2) is 0 Å². The summed E-state index contributed by atoms with van der Waals surface area (Å²) in [5.74, 6) is 0.540. The third-order valence-corrected chi connectivity index (χ3v) is 3.49. The minimum atomic E-state index is 0.142. The van der Waals surface area contributed by atoms with E-state index in [2.05, 4.69) is 64.2 Å². The Morgan fingerprint density at radius 1 is 1.21 bits per heavy atom. The largest absolute Gasteiger partial charge is 0.369 e. The van der Waals surface area contributed by atoms with Crippen molar-refractivity contribution in [1.29, 1.82) is 0 Å². The molecule has 0 amide bonds. The van der Waals surface area contributed by atoms with Crippen molar-refractivity contribution in [3.8, 4) is 0 Å². The van der Waals surface area contributed by atoms with E-state index in [1.165, 1.54) is 11.1 Å². The van der Waals surface area contributed by atoms with Gasteiger partial charge in [0.1, 0.15) is 0 Å². The van der Waals surface area contributed by atoms with Crippen molar-refractivity contribution in [3.05, 3.63) is 35.4 Å². The molecule has 0 heterocycles. The average Bonchev–Trinajstić information content (AvgIpc) is 2.37. The maximum Gasteiger partial charge on any atom is 0.0953 e. The number of rotatable bonds is 8. The van der Waals surface area contributed by atoms with Crippen LogP contribution in [-0.2, 0) is 4.74 Å². The lowest BCUT2D eigenvalue weighted by molar-refractivity contribution is -0.0258. The fraction of sp³-hybridized carbons (Fsp3) is 0.647. The summed E-state index contributed by atoms with van der Waals surface area (Å²) in [5, 5.41) is 3.47. The Balaban J connectivity index is 2.73. The Kier molecular flexibility index (Phi) is 7.11. The van der Waals surface area contributed by atoms with Crippen LogP contribution in [0.15, 0.2) is 24.3 Å². The van der Waals surface area contributed by atoms with Gasteiger partial charge in [-0.05, 0) is 38.3 Å². The van der Waals surface area contributed by atoms with Crippen molar-refractivity contribution in [2.45, 2.75) is 53.2 Å². The van der Waals surface area contributed by atoms with Gasteiger partial charge in [-0.1, -0.05) is 50.6 Å². The molecule has 0 saturated heterocycles. The van der Waals surface area contributed by atoms with Crippen molar-refractivity contribution in [1.82, 2.24) is 5.32 Å². The highest BCUT2D eigenvalue weighted by molar-refractivity contribution is 5.24. The summed E-state index contributed by atoms with van der Waals surface area (Å²) in [7, 11) is 0. The van der Waals surface area contributed by atoms with Crippen molar-refractivity contribution in [2.24, 2.45) is 5.92 Å². The Labute approximate surface area is 118 Å². The molecule has 1 N–H and O–H groups in total. The van der Waals surface area contributed by atoms with E-state index in [1.807, 2.05) is 0 Å². The summed E-state index contributed by atoms with van der Waals surface area (Å²) in [6.45, 7) is 12.8. The van der Waals surface area contributed by atoms with Gasteiger partial charge in [0.25, 0.3) is 0 Å². The number of benzene rings is 1. The maximum absolute atomic E-state index is 6.24. The maximum atomic E-state index is 6.24. The summed E-state index contributed by atoms with van der Waals surface area (Å²) in [6, 6.07) is 8.64. The first kappa shape index (κ1) is 16.2. The van der Waals surface area contributed by atoms with Crippen LogP contribution in [0.3, 0.4) is 0 Å². The van der Waals surface area contributed by atoms with E-state index in [-0.39, 0.29) is 12.2 Å². The van der Waals surface area contributed by atoms with Crippen LogP contribution in [-0.4, -0.2) is 19.2 Å². The topological polar surface area (TPSA) is 21.3 Å². The predicted octanol–water partition coefficient (Wildman–Crippen LogP) is 4.10. The predicted molar refractivity (Wildman–Crippen MR) is 82.5 cm³/mol. The number of hydrogen-bond acceptors (Lipinski definition) is 2. The van der Waals surface area contributed by atoms with Crippen LogP contribution in [0.2, 0.25) is 0 Å². The second kappa shape index (κ2) is 8.34. The second-order valence-corrected chi connectivity index (χ2v) is 5.69. The Hall–Kier alpha value is -0.860. The van der Waals surface area contributed by atoms with E-state index >= 15 is 0 Å². The molecule has 108 valence electrons. The van der Waals surface area contributed by atoms with Gasteiger partial charge >= 0.3 is 0 Å². The zero-order valence-electron chi connectivity index (χ0n) is 13.1. The highest BCUT2D eigenvalue weighted by atomic mass is 16.5. The summed E-state index contributed by atoms with van der Waals surface area (Å²) in [4.78, 5) is 0. The van der Waals surface area contributed by atoms with Gasteiger partial charge in [0.2, 0.25) is 0 Å². The highest BCUT2D eigenvalue weighted by Gasteiger charge is 2.17. The van der Waals surface area contributed by atoms with Gasteiger partial charge in [-0.3, -0.25) is 0 Å². The second-order valence-electron chi connectivity index (χ2n) is 5.69. The molecule has 0 saturated carbocycles. The highest BCUT2D eigenvalue weighted by Crippen LogP contribution is 2.22. The van der Waals surface area contributed by atoms with Gasteiger partial charge in [0, 0.05) is 6.54 Å². The summed E-state index contributed by atoms with van der Waals surface area (Å²) in [6.07, 6.45) is 1.57. The van der Waals surface area contributed by atoms with E-state index in [0.717, 1.165) is 19.5 Å². The minimum Gasteiger partial charge on any atom is -0.369 e. The van der Waals surface area contributed by atoms with E-state index in [9.17, 15) is 0 Å². The Bertz CT molecular complexity index is 362. The van der Waals surface area contributed by atoms with E-state index in [1.54, 1.807) is 0 Å². The fourth-order valence-corrected chi connectivity index (χ4v) is 1.94. The molecule has 0 fully saturated rings. The van der Waals surface area contributed by atoms with Crippen molar-refractivity contribution in [2.75, 3.05) is 13.1 Å². The Morgan fingerprint density at radius 2 is 1.95 bits per heavy atom. The van der Waals surface area contributed by atoms with Crippen LogP contribution in [0, 0.1) is 12.8 Å². The van der Waals surface area contributed by atoms with Crippen LogP contribution in [0.1, 0.15) is 51.3 Å². The lowest BCUT2D eigenvalue weighted by Gasteiger charge is -2.26. The smallest absolute Gasteiger partial charge is 0.0953 e. The molecule has 0 aromatic heterocycles. The number of aryl methyl sites for hydroxylation is 1. The van der Waals surface area contributed by atoms with Gasteiger partial charge in [-0.2, -0.15) is 0 Å². The monoisotopic (exact) mass is 263 g/mol. The van der Waals surface area contributed by atoms with Gasteiger partial charge < -0.3 is 10.1 Å². The van der Waals surface area contributed by atoms with E-state index in [4.69, 9.17) is 4.74 Å². The molecular weight excluding hydrogens is 234 g/mol. The lowest BCUT2D eigenvalue weighted by atomic mass is 10.0. The first-order chi connectivity index (χ1) is 9.04. The van der Waals surface area contributed by atoms with Gasteiger partial charge in [0.05, 0.1) is 12.2 Å². The Morgan fingerprint density at radius 3 is 2.53 bits per heavy atom. The third-order valence-electron chi connectivity index (χ3n) is 3.49.